The molecule has 8 heteroatoms. The van der Waals surface area contributed by atoms with E-state index in [1.165, 1.54) is 17.0 Å². The second-order valence-corrected chi connectivity index (χ2v) is 7.68. The quantitative estimate of drug-likeness (QED) is 0.462. The Morgan fingerprint density at radius 3 is 2.27 bits per heavy atom. The molecule has 30 heavy (non-hydrogen) atoms. The largest absolute Gasteiger partial charge is 0.320 e. The van der Waals surface area contributed by atoms with Gasteiger partial charge < -0.3 is 5.32 Å². The topological polar surface area (TPSA) is 110 Å². The first kappa shape index (κ1) is 19.8. The standard InChI is InChI=1S/C22H21N3O5/c26-20(23-18-11-5-6-12-19(18)25(29)30)15-8-2-1-7-14(15)13-24-21(27)16-9-3-4-10-17(16)22(24)28/h3-6,9-12,14-15H,1-2,7-8,13H2,(H,23,26). The number of nitrogens with one attached hydrogen (secondary N) is 1. The number of hydrogen-bond donors (Lipinski definition) is 1. The van der Waals surface area contributed by atoms with Crippen molar-refractivity contribution in [3.63, 3.8) is 0 Å². The monoisotopic (exact) mass is 407 g/mol. The van der Waals surface area contributed by atoms with Crippen LogP contribution in [0.3, 0.4) is 0 Å². The minimum atomic E-state index is -0.535. The van der Waals surface area contributed by atoms with Gasteiger partial charge in [-0.3, -0.25) is 29.4 Å². The molecule has 2 aromatic carbocycles. The molecule has 0 aromatic heterocycles. The van der Waals surface area contributed by atoms with Gasteiger partial charge >= 0.3 is 0 Å². The van der Waals surface area contributed by atoms with Gasteiger partial charge in [0.1, 0.15) is 5.69 Å². The van der Waals surface area contributed by atoms with Crippen LogP contribution in [0.5, 0.6) is 0 Å². The van der Waals surface area contributed by atoms with Gasteiger partial charge in [0.25, 0.3) is 17.5 Å². The number of amides is 3. The predicted octanol–water partition coefficient (Wildman–Crippen LogP) is 3.64. The van der Waals surface area contributed by atoms with Crippen molar-refractivity contribution >= 4 is 29.1 Å². The number of anilines is 1. The van der Waals surface area contributed by atoms with Crippen molar-refractivity contribution in [3.05, 3.63) is 69.8 Å². The predicted molar refractivity (Wildman–Crippen MR) is 109 cm³/mol. The number of hydrogen-bond acceptors (Lipinski definition) is 5. The molecule has 2 atom stereocenters. The van der Waals surface area contributed by atoms with Crippen LogP contribution in [-0.4, -0.2) is 34.1 Å². The molecule has 0 bridgehead atoms. The Morgan fingerprint density at radius 1 is 1.00 bits per heavy atom. The number of para-hydroxylation sites is 2. The molecule has 0 saturated heterocycles. The summed E-state index contributed by atoms with van der Waals surface area (Å²) >= 11 is 0. The molecule has 1 heterocycles. The number of carbonyl (C=O) groups is 3. The van der Waals surface area contributed by atoms with E-state index < -0.39 is 10.8 Å². The van der Waals surface area contributed by atoms with Crippen molar-refractivity contribution in [1.82, 2.24) is 4.90 Å². The van der Waals surface area contributed by atoms with Crippen LogP contribution in [0.2, 0.25) is 0 Å². The van der Waals surface area contributed by atoms with Gasteiger partial charge in [0.2, 0.25) is 5.91 Å². The second kappa shape index (κ2) is 8.06. The van der Waals surface area contributed by atoms with E-state index in [1.54, 1.807) is 36.4 Å². The number of benzene rings is 2. The molecule has 0 spiro atoms. The van der Waals surface area contributed by atoms with E-state index in [-0.39, 0.29) is 41.6 Å². The van der Waals surface area contributed by atoms with Gasteiger partial charge in [-0.2, -0.15) is 0 Å². The number of carbonyl (C=O) groups excluding carboxylic acids is 3. The summed E-state index contributed by atoms with van der Waals surface area (Å²) in [7, 11) is 0. The fraction of sp³-hybridized carbons (Fsp3) is 0.318. The molecule has 2 aliphatic rings. The molecule has 1 aliphatic carbocycles. The van der Waals surface area contributed by atoms with Crippen molar-refractivity contribution in [3.8, 4) is 0 Å². The minimum absolute atomic E-state index is 0.151. The summed E-state index contributed by atoms with van der Waals surface area (Å²) < 4.78 is 0. The summed E-state index contributed by atoms with van der Waals surface area (Å²) in [5.74, 6) is -1.60. The van der Waals surface area contributed by atoms with E-state index in [2.05, 4.69) is 5.32 Å². The van der Waals surface area contributed by atoms with Crippen molar-refractivity contribution in [2.24, 2.45) is 11.8 Å². The molecule has 1 aliphatic heterocycles. The maximum Gasteiger partial charge on any atom is 0.292 e. The lowest BCUT2D eigenvalue weighted by molar-refractivity contribution is -0.383. The molecular formula is C22H21N3O5. The van der Waals surface area contributed by atoms with Gasteiger partial charge in [0.05, 0.1) is 16.1 Å². The van der Waals surface area contributed by atoms with E-state index in [0.717, 1.165) is 12.8 Å². The normalized spacial score (nSPS) is 20.7. The highest BCUT2D eigenvalue weighted by Crippen LogP contribution is 2.34. The molecule has 154 valence electrons. The van der Waals surface area contributed by atoms with Gasteiger partial charge in [-0.25, -0.2) is 0 Å². The number of nitro benzene ring substituents is 1. The lowest BCUT2D eigenvalue weighted by atomic mass is 9.78. The van der Waals surface area contributed by atoms with Crippen LogP contribution in [0.1, 0.15) is 46.4 Å². The SMILES string of the molecule is O=C(Nc1ccccc1[N+](=O)[O-])C1CCCCC1CN1C(=O)c2ccccc2C1=O. The van der Waals surface area contributed by atoms with Gasteiger partial charge in [-0.1, -0.05) is 37.1 Å². The summed E-state index contributed by atoms with van der Waals surface area (Å²) in [4.78, 5) is 50.3. The fourth-order valence-corrected chi connectivity index (χ4v) is 4.37. The van der Waals surface area contributed by atoms with Gasteiger partial charge in [0, 0.05) is 18.5 Å². The van der Waals surface area contributed by atoms with Crippen LogP contribution >= 0.6 is 0 Å². The number of rotatable bonds is 5. The van der Waals surface area contributed by atoms with Crippen molar-refractivity contribution in [2.75, 3.05) is 11.9 Å². The summed E-state index contributed by atoms with van der Waals surface area (Å²) in [5.41, 5.74) is 0.759. The summed E-state index contributed by atoms with van der Waals surface area (Å²) in [5, 5.41) is 13.9. The molecule has 0 radical (unpaired) electrons. The van der Waals surface area contributed by atoms with Crippen LogP contribution in [0.4, 0.5) is 11.4 Å². The average molecular weight is 407 g/mol. The Morgan fingerprint density at radius 2 is 1.60 bits per heavy atom. The summed E-state index contributed by atoms with van der Waals surface area (Å²) in [6.45, 7) is 0.168. The van der Waals surface area contributed by atoms with Crippen LogP contribution in [0.15, 0.2) is 48.5 Å². The number of fused-ring (bicyclic) bond motifs is 1. The van der Waals surface area contributed by atoms with Gasteiger partial charge in [0.15, 0.2) is 0 Å². The van der Waals surface area contributed by atoms with Gasteiger partial charge in [-0.15, -0.1) is 0 Å². The van der Waals surface area contributed by atoms with Crippen molar-refractivity contribution in [2.45, 2.75) is 25.7 Å². The van der Waals surface area contributed by atoms with Crippen molar-refractivity contribution < 1.29 is 19.3 Å². The van der Waals surface area contributed by atoms with Crippen LogP contribution in [0, 0.1) is 22.0 Å². The van der Waals surface area contributed by atoms with Crippen LogP contribution < -0.4 is 5.32 Å². The maximum atomic E-state index is 13.0. The van der Waals surface area contributed by atoms with E-state index >= 15 is 0 Å². The van der Waals surface area contributed by atoms with Crippen molar-refractivity contribution in [1.29, 1.82) is 0 Å². The maximum absolute atomic E-state index is 13.0. The highest BCUT2D eigenvalue weighted by atomic mass is 16.6. The zero-order valence-electron chi connectivity index (χ0n) is 16.2. The Hall–Kier alpha value is -3.55. The first-order valence-electron chi connectivity index (χ1n) is 9.97. The van der Waals surface area contributed by atoms with E-state index in [0.29, 0.717) is 24.0 Å². The zero-order valence-corrected chi connectivity index (χ0v) is 16.2. The molecule has 1 N–H and O–H groups in total. The lowest BCUT2D eigenvalue weighted by Gasteiger charge is -2.32. The molecule has 3 amide bonds. The van der Waals surface area contributed by atoms with E-state index in [9.17, 15) is 24.5 Å². The molecule has 8 nitrogen and oxygen atoms in total. The molecule has 1 fully saturated rings. The third-order valence-corrected chi connectivity index (χ3v) is 5.90. The zero-order chi connectivity index (χ0) is 21.3. The second-order valence-electron chi connectivity index (χ2n) is 7.68. The first-order valence-corrected chi connectivity index (χ1v) is 9.97. The number of imide groups is 1. The Bertz CT molecular complexity index is 1000. The Labute approximate surface area is 173 Å². The molecule has 2 unspecified atom stereocenters. The third-order valence-electron chi connectivity index (χ3n) is 5.90. The van der Waals surface area contributed by atoms with Crippen LogP contribution in [0.25, 0.3) is 0 Å². The Kier molecular flexibility index (Phi) is 5.31. The van der Waals surface area contributed by atoms with E-state index in [4.69, 9.17) is 0 Å². The lowest BCUT2D eigenvalue weighted by Crippen LogP contribution is -2.41. The molecule has 2 aromatic rings. The average Bonchev–Trinajstić information content (AvgIpc) is 2.99. The van der Waals surface area contributed by atoms with E-state index in [1.807, 2.05) is 0 Å². The smallest absolute Gasteiger partial charge is 0.292 e. The number of nitrogens with zero attached hydrogens (tertiary/aromatic N) is 2. The Balaban J connectivity index is 1.52. The minimum Gasteiger partial charge on any atom is -0.320 e. The molecule has 1 saturated carbocycles. The molecule has 4 rings (SSSR count). The number of nitro groups is 1. The highest BCUT2D eigenvalue weighted by Gasteiger charge is 2.40. The summed E-state index contributed by atoms with van der Waals surface area (Å²) in [6, 6.07) is 12.7. The third kappa shape index (κ3) is 3.56. The van der Waals surface area contributed by atoms with Gasteiger partial charge in [-0.05, 0) is 37.0 Å². The fourth-order valence-electron chi connectivity index (χ4n) is 4.37. The van der Waals surface area contributed by atoms with Crippen LogP contribution in [-0.2, 0) is 4.79 Å². The first-order chi connectivity index (χ1) is 14.5. The highest BCUT2D eigenvalue weighted by molar-refractivity contribution is 6.21. The molecular weight excluding hydrogens is 386 g/mol. The summed E-state index contributed by atoms with van der Waals surface area (Å²) in [6.07, 6.45) is 3.08.